The van der Waals surface area contributed by atoms with Crippen LogP contribution in [0.4, 0.5) is 0 Å². The Morgan fingerprint density at radius 3 is 2.92 bits per heavy atom. The first-order chi connectivity index (χ1) is 6.36. The van der Waals surface area contributed by atoms with Crippen molar-refractivity contribution in [1.82, 2.24) is 4.90 Å². The van der Waals surface area contributed by atoms with Crippen molar-refractivity contribution in [2.75, 3.05) is 26.2 Å². The first kappa shape index (κ1) is 10.7. The van der Waals surface area contributed by atoms with Gasteiger partial charge in [0.1, 0.15) is 0 Å². The topological polar surface area (TPSA) is 29.3 Å². The lowest BCUT2D eigenvalue weighted by molar-refractivity contribution is 0.287. The van der Waals surface area contributed by atoms with Crippen LogP contribution in [0.15, 0.2) is 11.6 Å². The molecule has 2 heteroatoms. The summed E-state index contributed by atoms with van der Waals surface area (Å²) in [4.78, 5) is 2.57. The highest BCUT2D eigenvalue weighted by molar-refractivity contribution is 5.04. The largest absolute Gasteiger partial charge is 0.327 e. The van der Waals surface area contributed by atoms with E-state index in [1.54, 1.807) is 5.57 Å². The van der Waals surface area contributed by atoms with Crippen molar-refractivity contribution in [2.45, 2.75) is 32.6 Å². The van der Waals surface area contributed by atoms with Crippen molar-refractivity contribution in [1.29, 1.82) is 0 Å². The Balaban J connectivity index is 2.35. The molecule has 1 saturated heterocycles. The number of hydrogen-bond donors (Lipinski definition) is 1. The van der Waals surface area contributed by atoms with Crippen LogP contribution < -0.4 is 5.73 Å². The smallest absolute Gasteiger partial charge is 0.0109 e. The average molecular weight is 182 g/mol. The molecule has 0 saturated carbocycles. The summed E-state index contributed by atoms with van der Waals surface area (Å²) in [7, 11) is 0. The zero-order chi connectivity index (χ0) is 9.52. The third kappa shape index (κ3) is 3.92. The van der Waals surface area contributed by atoms with Gasteiger partial charge < -0.3 is 10.6 Å². The molecule has 0 atom stereocenters. The summed E-state index contributed by atoms with van der Waals surface area (Å²) in [6.45, 7) is 6.73. The molecule has 0 unspecified atom stereocenters. The summed E-state index contributed by atoms with van der Waals surface area (Å²) in [6.07, 6.45) is 7.28. The molecule has 0 spiro atoms. The van der Waals surface area contributed by atoms with Crippen molar-refractivity contribution < 1.29 is 0 Å². The lowest BCUT2D eigenvalue weighted by atomic mass is 10.1. The number of hydrogen-bond acceptors (Lipinski definition) is 2. The Morgan fingerprint density at radius 2 is 2.23 bits per heavy atom. The Kier molecular flexibility index (Phi) is 5.09. The second kappa shape index (κ2) is 6.17. The van der Waals surface area contributed by atoms with E-state index in [1.165, 1.54) is 45.3 Å². The number of rotatable bonds is 3. The van der Waals surface area contributed by atoms with Crippen molar-refractivity contribution in [2.24, 2.45) is 5.73 Å². The maximum absolute atomic E-state index is 5.51. The van der Waals surface area contributed by atoms with Gasteiger partial charge in [-0.05, 0) is 38.8 Å². The van der Waals surface area contributed by atoms with Crippen LogP contribution in [0.3, 0.4) is 0 Å². The third-order valence-electron chi connectivity index (χ3n) is 2.67. The molecule has 1 heterocycles. The Hall–Kier alpha value is -0.340. The highest BCUT2D eigenvalue weighted by atomic mass is 15.1. The van der Waals surface area contributed by atoms with Gasteiger partial charge in [-0.25, -0.2) is 0 Å². The van der Waals surface area contributed by atoms with E-state index < -0.39 is 0 Å². The summed E-state index contributed by atoms with van der Waals surface area (Å²) in [5.41, 5.74) is 7.08. The molecule has 1 aliphatic heterocycles. The van der Waals surface area contributed by atoms with Crippen LogP contribution in [0.5, 0.6) is 0 Å². The second-order valence-corrected chi connectivity index (χ2v) is 3.79. The van der Waals surface area contributed by atoms with Gasteiger partial charge in [0.2, 0.25) is 0 Å². The van der Waals surface area contributed by atoms with Gasteiger partial charge >= 0.3 is 0 Å². The Morgan fingerprint density at radius 1 is 1.38 bits per heavy atom. The number of nitrogens with two attached hydrogens (primary N) is 1. The van der Waals surface area contributed by atoms with E-state index in [9.17, 15) is 0 Å². The molecule has 13 heavy (non-hydrogen) atoms. The molecule has 0 bridgehead atoms. The predicted octanol–water partition coefficient (Wildman–Crippen LogP) is 1.77. The molecule has 0 aromatic rings. The lowest BCUT2D eigenvalue weighted by Gasteiger charge is -2.17. The quantitative estimate of drug-likeness (QED) is 0.674. The molecular weight excluding hydrogens is 160 g/mol. The molecule has 2 nitrogen and oxygen atoms in total. The summed E-state index contributed by atoms with van der Waals surface area (Å²) >= 11 is 0. The second-order valence-electron chi connectivity index (χ2n) is 3.79. The van der Waals surface area contributed by atoms with Crippen LogP contribution in [0.2, 0.25) is 0 Å². The third-order valence-corrected chi connectivity index (χ3v) is 2.67. The van der Waals surface area contributed by atoms with Crippen molar-refractivity contribution in [3.63, 3.8) is 0 Å². The average Bonchev–Trinajstić information content (AvgIpc) is 2.33. The molecule has 1 rings (SSSR count). The van der Waals surface area contributed by atoms with Crippen LogP contribution in [-0.2, 0) is 0 Å². The van der Waals surface area contributed by atoms with Crippen molar-refractivity contribution in [3.8, 4) is 0 Å². The standard InChI is InChI=1S/C11H22N2/c1-2-8-13-9-3-4-11(5-7-12)6-10-13/h5H,2-4,6-10,12H2,1H3. The summed E-state index contributed by atoms with van der Waals surface area (Å²) in [5, 5.41) is 0. The highest BCUT2D eigenvalue weighted by Crippen LogP contribution is 2.15. The van der Waals surface area contributed by atoms with Crippen LogP contribution in [0.25, 0.3) is 0 Å². The number of likely N-dealkylation sites (tertiary alicyclic amines) is 1. The van der Waals surface area contributed by atoms with E-state index >= 15 is 0 Å². The first-order valence-electron chi connectivity index (χ1n) is 5.47. The fourth-order valence-corrected chi connectivity index (χ4v) is 1.98. The van der Waals surface area contributed by atoms with Crippen molar-refractivity contribution >= 4 is 0 Å². The minimum atomic E-state index is 0.711. The van der Waals surface area contributed by atoms with E-state index in [-0.39, 0.29) is 0 Å². The van der Waals surface area contributed by atoms with Gasteiger partial charge in [-0.2, -0.15) is 0 Å². The van der Waals surface area contributed by atoms with E-state index in [1.807, 2.05) is 0 Å². The summed E-state index contributed by atoms with van der Waals surface area (Å²) in [6, 6.07) is 0. The minimum absolute atomic E-state index is 0.711. The number of nitrogens with zero attached hydrogens (tertiary/aromatic N) is 1. The van der Waals surface area contributed by atoms with Crippen LogP contribution in [0.1, 0.15) is 32.6 Å². The highest BCUT2D eigenvalue weighted by Gasteiger charge is 2.09. The zero-order valence-corrected chi connectivity index (χ0v) is 8.76. The molecule has 1 fully saturated rings. The van der Waals surface area contributed by atoms with Gasteiger partial charge in [0.15, 0.2) is 0 Å². The van der Waals surface area contributed by atoms with Gasteiger partial charge in [-0.3, -0.25) is 0 Å². The predicted molar refractivity (Wildman–Crippen MR) is 57.7 cm³/mol. The maximum atomic E-state index is 5.51. The van der Waals surface area contributed by atoms with Gasteiger partial charge in [-0.15, -0.1) is 0 Å². The molecule has 0 aromatic carbocycles. The van der Waals surface area contributed by atoms with Gasteiger partial charge in [-0.1, -0.05) is 18.6 Å². The molecule has 0 aromatic heterocycles. The molecular formula is C11H22N2. The van der Waals surface area contributed by atoms with E-state index in [2.05, 4.69) is 17.9 Å². The van der Waals surface area contributed by atoms with Crippen LogP contribution in [0, 0.1) is 0 Å². The Bertz CT molecular complexity index is 163. The SMILES string of the molecule is CCCN1CCCC(=CCN)CC1. The molecule has 1 aliphatic rings. The molecule has 0 radical (unpaired) electrons. The Labute approximate surface area is 81.8 Å². The molecule has 0 aliphatic carbocycles. The van der Waals surface area contributed by atoms with E-state index in [0.717, 1.165) is 0 Å². The van der Waals surface area contributed by atoms with Crippen molar-refractivity contribution in [3.05, 3.63) is 11.6 Å². The van der Waals surface area contributed by atoms with Crippen LogP contribution >= 0.6 is 0 Å². The maximum Gasteiger partial charge on any atom is 0.0109 e. The summed E-state index contributed by atoms with van der Waals surface area (Å²) in [5.74, 6) is 0. The normalized spacial score (nSPS) is 23.4. The van der Waals surface area contributed by atoms with E-state index in [4.69, 9.17) is 5.73 Å². The van der Waals surface area contributed by atoms with Gasteiger partial charge in [0.25, 0.3) is 0 Å². The minimum Gasteiger partial charge on any atom is -0.327 e. The monoisotopic (exact) mass is 182 g/mol. The van der Waals surface area contributed by atoms with Crippen LogP contribution in [-0.4, -0.2) is 31.1 Å². The van der Waals surface area contributed by atoms with Gasteiger partial charge in [0.05, 0.1) is 0 Å². The summed E-state index contributed by atoms with van der Waals surface area (Å²) < 4.78 is 0. The lowest BCUT2D eigenvalue weighted by Crippen LogP contribution is -2.25. The van der Waals surface area contributed by atoms with Gasteiger partial charge in [0, 0.05) is 13.1 Å². The van der Waals surface area contributed by atoms with E-state index in [0.29, 0.717) is 6.54 Å². The molecule has 0 amide bonds. The zero-order valence-electron chi connectivity index (χ0n) is 8.76. The fourth-order valence-electron chi connectivity index (χ4n) is 1.98. The molecule has 2 N–H and O–H groups in total. The fraction of sp³-hybridized carbons (Fsp3) is 0.818. The first-order valence-corrected chi connectivity index (χ1v) is 5.47. The molecule has 76 valence electrons.